The van der Waals surface area contributed by atoms with E-state index in [2.05, 4.69) is 15.9 Å². The zero-order chi connectivity index (χ0) is 13.6. The average molecular weight is 344 g/mol. The Labute approximate surface area is 113 Å². The first-order chi connectivity index (χ1) is 8.24. The van der Waals surface area contributed by atoms with Crippen molar-refractivity contribution in [1.29, 1.82) is 0 Å². The predicted molar refractivity (Wildman–Crippen MR) is 63.5 cm³/mol. The second-order valence-corrected chi connectivity index (χ2v) is 5.87. The number of aliphatic hydroxyl groups is 1. The summed E-state index contributed by atoms with van der Waals surface area (Å²) in [6, 6.07) is 1.66. The second-order valence-electron chi connectivity index (χ2n) is 4.10. The fourth-order valence-electron chi connectivity index (χ4n) is 1.79. The molecule has 0 radical (unpaired) electrons. The first-order valence-electron chi connectivity index (χ1n) is 5.06. The Balaban J connectivity index is 2.15. The molecule has 1 amide bonds. The molecule has 1 fully saturated rings. The maximum Gasteiger partial charge on any atom is 0.419 e. The maximum atomic E-state index is 12.6. The van der Waals surface area contributed by atoms with Gasteiger partial charge in [-0.25, -0.2) is 0 Å². The molecule has 1 N–H and O–H groups in total. The van der Waals surface area contributed by atoms with E-state index in [1.165, 1.54) is 0 Å². The number of halogens is 4. The number of rotatable bonds is 1. The molecule has 18 heavy (non-hydrogen) atoms. The molecule has 1 aliphatic heterocycles. The van der Waals surface area contributed by atoms with Crippen LogP contribution < -0.4 is 0 Å². The molecule has 1 aliphatic rings. The predicted octanol–water partition coefficient (Wildman–Crippen LogP) is 2.65. The van der Waals surface area contributed by atoms with Gasteiger partial charge in [-0.05, 0) is 27.4 Å². The van der Waals surface area contributed by atoms with Gasteiger partial charge in [0.1, 0.15) is 4.88 Å². The SMILES string of the molecule is O=C(c1sccc1Br)N1CC[C@](O)(C(F)(F)F)C1. The average Bonchev–Trinajstić information content (AvgIpc) is 2.83. The number of carbonyl (C=O) groups is 1. The van der Waals surface area contributed by atoms with E-state index in [4.69, 9.17) is 0 Å². The lowest BCUT2D eigenvalue weighted by Crippen LogP contribution is -2.48. The Morgan fingerprint density at radius 1 is 1.56 bits per heavy atom. The fraction of sp³-hybridized carbons (Fsp3) is 0.500. The molecular formula is C10H9BrF3NO2S. The minimum atomic E-state index is -4.71. The molecule has 2 heterocycles. The number of alkyl halides is 3. The van der Waals surface area contributed by atoms with Crippen LogP contribution in [-0.4, -0.2) is 40.8 Å². The summed E-state index contributed by atoms with van der Waals surface area (Å²) in [6.45, 7) is -0.807. The highest BCUT2D eigenvalue weighted by Gasteiger charge is 2.57. The van der Waals surface area contributed by atoms with Gasteiger partial charge < -0.3 is 10.0 Å². The summed E-state index contributed by atoms with van der Waals surface area (Å²) in [5.41, 5.74) is -2.79. The van der Waals surface area contributed by atoms with Crippen LogP contribution in [0.25, 0.3) is 0 Å². The van der Waals surface area contributed by atoms with E-state index in [-0.39, 0.29) is 6.54 Å². The van der Waals surface area contributed by atoms with E-state index in [0.717, 1.165) is 16.2 Å². The van der Waals surface area contributed by atoms with E-state index < -0.39 is 30.7 Å². The molecule has 0 unspecified atom stereocenters. The topological polar surface area (TPSA) is 40.5 Å². The van der Waals surface area contributed by atoms with Gasteiger partial charge in [-0.15, -0.1) is 11.3 Å². The number of carbonyl (C=O) groups excluding carboxylic acids is 1. The lowest BCUT2D eigenvalue weighted by atomic mass is 10.0. The van der Waals surface area contributed by atoms with Crippen LogP contribution in [0.5, 0.6) is 0 Å². The van der Waals surface area contributed by atoms with Gasteiger partial charge in [0, 0.05) is 17.4 Å². The van der Waals surface area contributed by atoms with Crippen molar-refractivity contribution in [1.82, 2.24) is 4.90 Å². The van der Waals surface area contributed by atoms with Gasteiger partial charge in [-0.1, -0.05) is 0 Å². The van der Waals surface area contributed by atoms with E-state index in [1.807, 2.05) is 0 Å². The van der Waals surface area contributed by atoms with Gasteiger partial charge in [0.15, 0.2) is 5.60 Å². The molecule has 1 aromatic rings. The number of nitrogens with zero attached hydrogens (tertiary/aromatic N) is 1. The normalized spacial score (nSPS) is 24.6. The Hall–Kier alpha value is -0.600. The third kappa shape index (κ3) is 2.28. The largest absolute Gasteiger partial charge is 0.419 e. The van der Waals surface area contributed by atoms with Crippen molar-refractivity contribution in [3.8, 4) is 0 Å². The molecule has 1 atom stereocenters. The van der Waals surface area contributed by atoms with Crippen LogP contribution in [0.1, 0.15) is 16.1 Å². The molecule has 0 saturated carbocycles. The number of amides is 1. The molecule has 1 saturated heterocycles. The van der Waals surface area contributed by atoms with Crippen molar-refractivity contribution in [2.24, 2.45) is 0 Å². The summed E-state index contributed by atoms with van der Waals surface area (Å²) in [4.78, 5) is 13.4. The zero-order valence-corrected chi connectivity index (χ0v) is 11.4. The summed E-state index contributed by atoms with van der Waals surface area (Å²) in [6.07, 6.45) is -5.19. The summed E-state index contributed by atoms with van der Waals surface area (Å²) in [5, 5.41) is 11.2. The minimum absolute atomic E-state index is 0.0980. The second kappa shape index (κ2) is 4.50. The first-order valence-corrected chi connectivity index (χ1v) is 6.73. The van der Waals surface area contributed by atoms with Crippen LogP contribution in [0.3, 0.4) is 0 Å². The molecule has 0 spiro atoms. The molecule has 2 rings (SSSR count). The van der Waals surface area contributed by atoms with Crippen LogP contribution >= 0.6 is 27.3 Å². The monoisotopic (exact) mass is 343 g/mol. The third-order valence-electron chi connectivity index (χ3n) is 2.87. The third-order valence-corrected chi connectivity index (χ3v) is 4.70. The van der Waals surface area contributed by atoms with Gasteiger partial charge in [0.2, 0.25) is 0 Å². The van der Waals surface area contributed by atoms with Gasteiger partial charge in [-0.3, -0.25) is 4.79 Å². The lowest BCUT2D eigenvalue weighted by Gasteiger charge is -2.25. The molecular weight excluding hydrogens is 335 g/mol. The first kappa shape index (κ1) is 13.8. The Morgan fingerprint density at radius 3 is 2.67 bits per heavy atom. The van der Waals surface area contributed by atoms with Gasteiger partial charge in [-0.2, -0.15) is 13.2 Å². The molecule has 0 aromatic carbocycles. The smallest absolute Gasteiger partial charge is 0.379 e. The Morgan fingerprint density at radius 2 is 2.22 bits per heavy atom. The van der Waals surface area contributed by atoms with E-state index >= 15 is 0 Å². The highest BCUT2D eigenvalue weighted by molar-refractivity contribution is 9.10. The highest BCUT2D eigenvalue weighted by atomic mass is 79.9. The number of thiophene rings is 1. The maximum absolute atomic E-state index is 12.6. The number of hydrogen-bond donors (Lipinski definition) is 1. The molecule has 0 bridgehead atoms. The Kier molecular flexibility index (Phi) is 3.46. The van der Waals surface area contributed by atoms with Crippen LogP contribution in [0.4, 0.5) is 13.2 Å². The minimum Gasteiger partial charge on any atom is -0.379 e. The van der Waals surface area contributed by atoms with E-state index in [9.17, 15) is 23.1 Å². The van der Waals surface area contributed by atoms with Crippen molar-refractivity contribution < 1.29 is 23.1 Å². The van der Waals surface area contributed by atoms with Crippen LogP contribution in [-0.2, 0) is 0 Å². The molecule has 3 nitrogen and oxygen atoms in total. The quantitative estimate of drug-likeness (QED) is 0.851. The lowest BCUT2D eigenvalue weighted by molar-refractivity contribution is -0.253. The van der Waals surface area contributed by atoms with Gasteiger partial charge in [0.05, 0.1) is 6.54 Å². The number of β-amino-alcohol motifs (C(OH)–C–C–N with tert-alkyl or cyclic N) is 1. The molecule has 0 aliphatic carbocycles. The molecule has 8 heteroatoms. The van der Waals surface area contributed by atoms with Crippen molar-refractivity contribution >= 4 is 33.2 Å². The van der Waals surface area contributed by atoms with Crippen molar-refractivity contribution in [3.63, 3.8) is 0 Å². The van der Waals surface area contributed by atoms with Gasteiger partial charge >= 0.3 is 6.18 Å². The van der Waals surface area contributed by atoms with Gasteiger partial charge in [0.25, 0.3) is 5.91 Å². The Bertz CT molecular complexity index is 476. The standard InChI is InChI=1S/C10H9BrF3NO2S/c11-6-1-4-18-7(6)8(16)15-3-2-9(17,5-15)10(12,13)14/h1,4,17H,2-3,5H2/t9-/m1/s1. The zero-order valence-electron chi connectivity index (χ0n) is 9.00. The fourth-order valence-corrected chi connectivity index (χ4v) is 3.30. The number of likely N-dealkylation sites (tertiary alicyclic amines) is 1. The van der Waals surface area contributed by atoms with Crippen molar-refractivity contribution in [3.05, 3.63) is 20.8 Å². The summed E-state index contributed by atoms with van der Waals surface area (Å²) in [7, 11) is 0. The van der Waals surface area contributed by atoms with Crippen molar-refractivity contribution in [2.75, 3.05) is 13.1 Å². The van der Waals surface area contributed by atoms with E-state index in [1.54, 1.807) is 11.4 Å². The van der Waals surface area contributed by atoms with Crippen LogP contribution in [0, 0.1) is 0 Å². The summed E-state index contributed by atoms with van der Waals surface area (Å²) >= 11 is 4.31. The van der Waals surface area contributed by atoms with Crippen LogP contribution in [0.15, 0.2) is 15.9 Å². The van der Waals surface area contributed by atoms with Crippen LogP contribution in [0.2, 0.25) is 0 Å². The summed E-state index contributed by atoms with van der Waals surface area (Å²) < 4.78 is 38.4. The highest BCUT2D eigenvalue weighted by Crippen LogP contribution is 2.38. The molecule has 100 valence electrons. The number of hydrogen-bond acceptors (Lipinski definition) is 3. The van der Waals surface area contributed by atoms with E-state index in [0.29, 0.717) is 9.35 Å². The van der Waals surface area contributed by atoms with Crippen molar-refractivity contribution in [2.45, 2.75) is 18.2 Å². The molecule has 1 aromatic heterocycles. The summed E-state index contributed by atoms with van der Waals surface area (Å²) in [5.74, 6) is -0.489.